The molecule has 8 heteroatoms. The number of rotatable bonds is 7. The van der Waals surface area contributed by atoms with Crippen molar-refractivity contribution in [2.45, 2.75) is 0 Å². The van der Waals surface area contributed by atoms with Crippen LogP contribution < -0.4 is 14.4 Å². The quantitative estimate of drug-likeness (QED) is 0.598. The summed E-state index contributed by atoms with van der Waals surface area (Å²) < 4.78 is 16.0. The Balaban J connectivity index is 1.56. The molecule has 2 aromatic rings. The molecule has 0 aliphatic carbocycles. The first-order valence-corrected chi connectivity index (χ1v) is 11.5. The van der Waals surface area contributed by atoms with Gasteiger partial charge in [0.25, 0.3) is 5.91 Å². The van der Waals surface area contributed by atoms with Gasteiger partial charge in [0.15, 0.2) is 5.17 Å². The van der Waals surface area contributed by atoms with E-state index in [1.54, 1.807) is 30.9 Å². The SMILES string of the molecule is COc1ccc(/C=C2\N=C(SCCN3CCOCC3)N(c3cccc(OC)c3)C2=O)cc1. The van der Waals surface area contributed by atoms with Crippen LogP contribution in [0.5, 0.6) is 11.5 Å². The molecular weight excluding hydrogens is 426 g/mol. The van der Waals surface area contributed by atoms with Gasteiger partial charge in [-0.1, -0.05) is 30.0 Å². The van der Waals surface area contributed by atoms with E-state index in [9.17, 15) is 4.79 Å². The molecule has 0 bridgehead atoms. The van der Waals surface area contributed by atoms with Crippen molar-refractivity contribution in [2.75, 3.05) is 57.7 Å². The van der Waals surface area contributed by atoms with Crippen LogP contribution in [0.3, 0.4) is 0 Å². The fraction of sp³-hybridized carbons (Fsp3) is 0.333. The lowest BCUT2D eigenvalue weighted by atomic mass is 10.2. The zero-order valence-electron chi connectivity index (χ0n) is 18.3. The highest BCUT2D eigenvalue weighted by atomic mass is 32.2. The van der Waals surface area contributed by atoms with Crippen LogP contribution in [0.15, 0.2) is 59.2 Å². The Morgan fingerprint density at radius 3 is 2.53 bits per heavy atom. The number of amidine groups is 1. The number of benzene rings is 2. The third-order valence-corrected chi connectivity index (χ3v) is 6.22. The monoisotopic (exact) mass is 453 g/mol. The second kappa shape index (κ2) is 10.7. The number of hydrogen-bond acceptors (Lipinski definition) is 7. The van der Waals surface area contributed by atoms with Crippen molar-refractivity contribution in [2.24, 2.45) is 4.99 Å². The molecule has 1 saturated heterocycles. The molecular formula is C24H27N3O4S. The molecule has 2 heterocycles. The fourth-order valence-corrected chi connectivity index (χ4v) is 4.53. The number of ether oxygens (including phenoxy) is 3. The summed E-state index contributed by atoms with van der Waals surface area (Å²) in [6, 6.07) is 15.0. The average molecular weight is 454 g/mol. The van der Waals surface area contributed by atoms with Crippen molar-refractivity contribution in [1.82, 2.24) is 4.90 Å². The van der Waals surface area contributed by atoms with Crippen molar-refractivity contribution in [1.29, 1.82) is 0 Å². The maximum Gasteiger partial charge on any atom is 0.283 e. The highest BCUT2D eigenvalue weighted by molar-refractivity contribution is 8.14. The summed E-state index contributed by atoms with van der Waals surface area (Å²) in [7, 11) is 3.25. The Bertz CT molecular complexity index is 1000. The number of morpholine rings is 1. The van der Waals surface area contributed by atoms with Gasteiger partial charge in [0.2, 0.25) is 0 Å². The summed E-state index contributed by atoms with van der Waals surface area (Å²) in [6.45, 7) is 4.34. The van der Waals surface area contributed by atoms with Gasteiger partial charge in [-0.3, -0.25) is 14.6 Å². The normalized spacial score (nSPS) is 18.2. The summed E-state index contributed by atoms with van der Waals surface area (Å²) in [6.07, 6.45) is 1.81. The molecule has 1 amide bonds. The average Bonchev–Trinajstić information content (AvgIpc) is 3.15. The minimum Gasteiger partial charge on any atom is -0.497 e. The van der Waals surface area contributed by atoms with Crippen molar-refractivity contribution in [3.8, 4) is 11.5 Å². The molecule has 168 valence electrons. The maximum absolute atomic E-state index is 13.3. The smallest absolute Gasteiger partial charge is 0.283 e. The fourth-order valence-electron chi connectivity index (χ4n) is 3.52. The van der Waals surface area contributed by atoms with Crippen LogP contribution >= 0.6 is 11.8 Å². The minimum atomic E-state index is -0.150. The van der Waals surface area contributed by atoms with Gasteiger partial charge in [0, 0.05) is 31.5 Å². The molecule has 4 rings (SSSR count). The van der Waals surface area contributed by atoms with Gasteiger partial charge in [0.1, 0.15) is 17.2 Å². The van der Waals surface area contributed by atoms with Crippen LogP contribution in [0.4, 0.5) is 5.69 Å². The molecule has 1 fully saturated rings. The Kier molecular flexibility index (Phi) is 7.47. The molecule has 0 radical (unpaired) electrons. The number of nitrogens with zero attached hydrogens (tertiary/aromatic N) is 3. The first-order valence-electron chi connectivity index (χ1n) is 10.5. The second-order valence-electron chi connectivity index (χ2n) is 7.34. The van der Waals surface area contributed by atoms with Crippen LogP contribution in [0.25, 0.3) is 6.08 Å². The molecule has 2 aliphatic heterocycles. The highest BCUT2D eigenvalue weighted by Crippen LogP contribution is 2.31. The van der Waals surface area contributed by atoms with Crippen LogP contribution in [-0.4, -0.2) is 68.8 Å². The third-order valence-electron chi connectivity index (χ3n) is 5.30. The van der Waals surface area contributed by atoms with Crippen LogP contribution in [0.1, 0.15) is 5.56 Å². The molecule has 0 N–H and O–H groups in total. The van der Waals surface area contributed by atoms with Gasteiger partial charge in [0.05, 0.1) is 33.1 Å². The minimum absolute atomic E-state index is 0.150. The topological polar surface area (TPSA) is 63.6 Å². The van der Waals surface area contributed by atoms with Gasteiger partial charge < -0.3 is 14.2 Å². The number of anilines is 1. The third kappa shape index (κ3) is 5.32. The number of methoxy groups -OCH3 is 2. The summed E-state index contributed by atoms with van der Waals surface area (Å²) in [4.78, 5) is 22.1. The van der Waals surface area contributed by atoms with E-state index in [1.165, 1.54) is 0 Å². The molecule has 2 aliphatic rings. The standard InChI is InChI=1S/C24H27N3O4S/c1-29-20-8-6-18(7-9-20)16-22-23(28)27(19-4-3-5-21(17-19)30-2)24(25-22)32-15-12-26-10-13-31-14-11-26/h3-9,16-17H,10-15H2,1-2H3/b22-16-. The Morgan fingerprint density at radius 2 is 1.81 bits per heavy atom. The van der Waals surface area contributed by atoms with E-state index >= 15 is 0 Å². The predicted molar refractivity (Wildman–Crippen MR) is 129 cm³/mol. The number of thioether (sulfide) groups is 1. The summed E-state index contributed by atoms with van der Waals surface area (Å²) in [5.74, 6) is 2.15. The number of hydrogen-bond donors (Lipinski definition) is 0. The lowest BCUT2D eigenvalue weighted by Gasteiger charge is -2.26. The van der Waals surface area contributed by atoms with Crippen molar-refractivity contribution in [3.63, 3.8) is 0 Å². The Labute approximate surface area is 192 Å². The van der Waals surface area contributed by atoms with E-state index < -0.39 is 0 Å². The first-order chi connectivity index (χ1) is 15.7. The van der Waals surface area contributed by atoms with E-state index in [0.717, 1.165) is 55.6 Å². The summed E-state index contributed by atoms with van der Waals surface area (Å²) in [5.41, 5.74) is 2.04. The molecule has 0 spiro atoms. The number of carbonyl (C=O) groups excluding carboxylic acids is 1. The first kappa shape index (κ1) is 22.4. The molecule has 32 heavy (non-hydrogen) atoms. The summed E-state index contributed by atoms with van der Waals surface area (Å²) in [5, 5.41) is 0.677. The van der Waals surface area contributed by atoms with Gasteiger partial charge in [-0.25, -0.2) is 4.99 Å². The number of carbonyl (C=O) groups is 1. The largest absolute Gasteiger partial charge is 0.497 e. The number of amides is 1. The molecule has 0 aromatic heterocycles. The van der Waals surface area contributed by atoms with E-state index in [0.29, 0.717) is 16.6 Å². The molecule has 0 saturated carbocycles. The predicted octanol–water partition coefficient (Wildman–Crippen LogP) is 3.51. The van der Waals surface area contributed by atoms with E-state index in [4.69, 9.17) is 19.2 Å². The summed E-state index contributed by atoms with van der Waals surface area (Å²) >= 11 is 1.59. The molecule has 0 atom stereocenters. The van der Waals surface area contributed by atoms with Crippen LogP contribution in [0, 0.1) is 0 Å². The highest BCUT2D eigenvalue weighted by Gasteiger charge is 2.32. The molecule has 7 nitrogen and oxygen atoms in total. The number of aliphatic imine (C=N–C) groups is 1. The van der Waals surface area contributed by atoms with Gasteiger partial charge in [-0.05, 0) is 35.9 Å². The maximum atomic E-state index is 13.3. The van der Waals surface area contributed by atoms with E-state index in [1.807, 2.05) is 54.6 Å². The van der Waals surface area contributed by atoms with E-state index in [2.05, 4.69) is 4.90 Å². The zero-order valence-corrected chi connectivity index (χ0v) is 19.1. The lowest BCUT2D eigenvalue weighted by molar-refractivity contribution is -0.113. The van der Waals surface area contributed by atoms with Gasteiger partial charge in [-0.15, -0.1) is 0 Å². The molecule has 2 aromatic carbocycles. The van der Waals surface area contributed by atoms with Crippen LogP contribution in [-0.2, 0) is 9.53 Å². The molecule has 0 unspecified atom stereocenters. The van der Waals surface area contributed by atoms with E-state index in [-0.39, 0.29) is 5.91 Å². The Morgan fingerprint density at radius 1 is 1.06 bits per heavy atom. The lowest BCUT2D eigenvalue weighted by Crippen LogP contribution is -2.38. The van der Waals surface area contributed by atoms with Crippen molar-refractivity contribution in [3.05, 3.63) is 59.8 Å². The van der Waals surface area contributed by atoms with Crippen molar-refractivity contribution < 1.29 is 19.0 Å². The zero-order chi connectivity index (χ0) is 22.3. The van der Waals surface area contributed by atoms with Gasteiger partial charge >= 0.3 is 0 Å². The van der Waals surface area contributed by atoms with Crippen LogP contribution in [0.2, 0.25) is 0 Å². The van der Waals surface area contributed by atoms with Crippen molar-refractivity contribution >= 4 is 34.6 Å². The Hall–Kier alpha value is -2.81. The second-order valence-corrected chi connectivity index (χ2v) is 8.40. The van der Waals surface area contributed by atoms with Gasteiger partial charge in [-0.2, -0.15) is 0 Å².